The van der Waals surface area contributed by atoms with Crippen molar-refractivity contribution in [2.45, 2.75) is 17.5 Å². The minimum absolute atomic E-state index is 0.0267. The minimum atomic E-state index is -4.06. The SMILES string of the molecule is C=Cc1ccc(CN2C=CN(CC(O)COC(=O)c3ccccc3)C2)cc1.C=Cc1ccc(S(=O)(=O)O)cc1. The van der Waals surface area contributed by atoms with E-state index in [9.17, 15) is 18.3 Å². The second kappa shape index (κ2) is 14.1. The Balaban J connectivity index is 0.000000293. The minimum Gasteiger partial charge on any atom is -0.459 e. The van der Waals surface area contributed by atoms with Crippen LogP contribution in [0.25, 0.3) is 12.2 Å². The van der Waals surface area contributed by atoms with Gasteiger partial charge in [-0.05, 0) is 41.0 Å². The number of ether oxygens (including phenoxy) is 1. The zero-order valence-corrected chi connectivity index (χ0v) is 22.3. The van der Waals surface area contributed by atoms with Crippen LogP contribution in [0.2, 0.25) is 0 Å². The fourth-order valence-corrected chi connectivity index (χ4v) is 4.14. The van der Waals surface area contributed by atoms with Crippen LogP contribution in [0, 0.1) is 0 Å². The van der Waals surface area contributed by atoms with Gasteiger partial charge in [0.1, 0.15) is 12.7 Å². The Hall–Kier alpha value is -4.18. The lowest BCUT2D eigenvalue weighted by atomic mass is 10.1. The molecule has 1 aliphatic heterocycles. The van der Waals surface area contributed by atoms with E-state index < -0.39 is 22.2 Å². The molecule has 0 aromatic heterocycles. The molecule has 0 radical (unpaired) electrons. The average molecular weight is 549 g/mol. The molecule has 0 aliphatic carbocycles. The molecule has 1 heterocycles. The molecule has 8 nitrogen and oxygen atoms in total. The van der Waals surface area contributed by atoms with Gasteiger partial charge in [-0.25, -0.2) is 4.79 Å². The molecule has 204 valence electrons. The second-order valence-corrected chi connectivity index (χ2v) is 10.2. The van der Waals surface area contributed by atoms with Crippen LogP contribution < -0.4 is 0 Å². The van der Waals surface area contributed by atoms with Crippen LogP contribution in [-0.2, 0) is 21.4 Å². The van der Waals surface area contributed by atoms with Crippen LogP contribution in [0.15, 0.2) is 109 Å². The average Bonchev–Trinajstić information content (AvgIpc) is 3.38. The highest BCUT2D eigenvalue weighted by molar-refractivity contribution is 7.85. The molecule has 3 aromatic carbocycles. The van der Waals surface area contributed by atoms with Crippen molar-refractivity contribution in [1.82, 2.24) is 9.80 Å². The summed E-state index contributed by atoms with van der Waals surface area (Å²) in [5.74, 6) is -0.420. The number of carbonyl (C=O) groups excluding carboxylic acids is 1. The molecule has 0 amide bonds. The van der Waals surface area contributed by atoms with Gasteiger partial charge in [0, 0.05) is 25.5 Å². The van der Waals surface area contributed by atoms with Crippen molar-refractivity contribution in [3.8, 4) is 0 Å². The highest BCUT2D eigenvalue weighted by Gasteiger charge is 2.17. The van der Waals surface area contributed by atoms with E-state index in [1.54, 1.807) is 42.5 Å². The van der Waals surface area contributed by atoms with Crippen molar-refractivity contribution in [2.75, 3.05) is 19.8 Å². The summed E-state index contributed by atoms with van der Waals surface area (Å²) in [4.78, 5) is 16.0. The summed E-state index contributed by atoms with van der Waals surface area (Å²) in [6, 6.07) is 22.8. The van der Waals surface area contributed by atoms with Crippen molar-refractivity contribution in [3.05, 3.63) is 127 Å². The van der Waals surface area contributed by atoms with Gasteiger partial charge in [-0.1, -0.05) is 79.9 Å². The third-order valence-electron chi connectivity index (χ3n) is 5.73. The van der Waals surface area contributed by atoms with Crippen molar-refractivity contribution in [2.24, 2.45) is 0 Å². The summed E-state index contributed by atoms with van der Waals surface area (Å²) in [7, 11) is -4.06. The number of hydrogen-bond acceptors (Lipinski definition) is 7. The van der Waals surface area contributed by atoms with Crippen molar-refractivity contribution in [3.63, 3.8) is 0 Å². The highest BCUT2D eigenvalue weighted by atomic mass is 32.2. The van der Waals surface area contributed by atoms with Gasteiger partial charge in [0.15, 0.2) is 0 Å². The van der Waals surface area contributed by atoms with Gasteiger partial charge in [-0.2, -0.15) is 8.42 Å². The molecule has 0 saturated carbocycles. The fraction of sp³-hybridized carbons (Fsp3) is 0.167. The smallest absolute Gasteiger partial charge is 0.338 e. The quantitative estimate of drug-likeness (QED) is 0.278. The lowest BCUT2D eigenvalue weighted by Gasteiger charge is -2.23. The van der Waals surface area contributed by atoms with Crippen LogP contribution in [0.4, 0.5) is 0 Å². The monoisotopic (exact) mass is 548 g/mol. The lowest BCUT2D eigenvalue weighted by Crippen LogP contribution is -2.34. The standard InChI is InChI=1S/C22H24N2O3.C8H8O3S/c1-2-18-8-10-19(11-9-18)14-23-12-13-24(17-23)15-21(25)16-27-22(26)20-6-4-3-5-7-20;1-2-7-3-5-8(6-4-7)12(9,10)11/h2-13,21,25H,1,14-17H2;2-6H,1H2,(H,9,10,11). The normalized spacial score (nSPS) is 13.3. The van der Waals surface area contributed by atoms with E-state index in [1.807, 2.05) is 41.6 Å². The Kier molecular flexibility index (Phi) is 10.6. The molecule has 3 aromatic rings. The maximum absolute atomic E-state index is 11.9. The van der Waals surface area contributed by atoms with Gasteiger partial charge in [-0.3, -0.25) is 4.55 Å². The van der Waals surface area contributed by atoms with Gasteiger partial charge in [0.2, 0.25) is 0 Å². The Labute approximate surface area is 229 Å². The lowest BCUT2D eigenvalue weighted by molar-refractivity contribution is 0.0183. The number of nitrogens with zero attached hydrogens (tertiary/aromatic N) is 2. The summed E-state index contributed by atoms with van der Waals surface area (Å²) in [5.41, 5.74) is 3.61. The zero-order valence-electron chi connectivity index (χ0n) is 21.5. The number of β-amino-alcohol motifs (C(OH)–C–C–N with tert-alkyl or cyclic N) is 1. The molecule has 0 bridgehead atoms. The van der Waals surface area contributed by atoms with E-state index in [1.165, 1.54) is 17.7 Å². The summed E-state index contributed by atoms with van der Waals surface area (Å²) >= 11 is 0. The maximum atomic E-state index is 11.9. The highest BCUT2D eigenvalue weighted by Crippen LogP contribution is 2.14. The Morgan fingerprint density at radius 2 is 1.46 bits per heavy atom. The topological polar surface area (TPSA) is 107 Å². The van der Waals surface area contributed by atoms with E-state index in [-0.39, 0.29) is 11.5 Å². The molecule has 2 N–H and O–H groups in total. The van der Waals surface area contributed by atoms with E-state index in [0.717, 1.165) is 17.7 Å². The number of aliphatic hydroxyl groups excluding tert-OH is 1. The first-order chi connectivity index (χ1) is 18.7. The van der Waals surface area contributed by atoms with Crippen LogP contribution in [0.3, 0.4) is 0 Å². The number of aliphatic hydroxyl groups is 1. The van der Waals surface area contributed by atoms with E-state index >= 15 is 0 Å². The van der Waals surface area contributed by atoms with Crippen molar-refractivity contribution in [1.29, 1.82) is 0 Å². The third kappa shape index (κ3) is 9.57. The molecular weight excluding hydrogens is 516 g/mol. The molecule has 9 heteroatoms. The predicted octanol–water partition coefficient (Wildman–Crippen LogP) is 4.67. The fourth-order valence-electron chi connectivity index (χ4n) is 3.66. The molecule has 0 spiro atoms. The van der Waals surface area contributed by atoms with Gasteiger partial charge in [0.05, 0.1) is 17.1 Å². The van der Waals surface area contributed by atoms with E-state index in [0.29, 0.717) is 18.8 Å². The van der Waals surface area contributed by atoms with Crippen LogP contribution >= 0.6 is 0 Å². The summed E-state index contributed by atoms with van der Waals surface area (Å²) in [5, 5.41) is 10.2. The predicted molar refractivity (Wildman–Crippen MR) is 152 cm³/mol. The summed E-state index contributed by atoms with van der Waals surface area (Å²) in [6.45, 7) is 9.14. The molecule has 0 fully saturated rings. The first-order valence-corrected chi connectivity index (χ1v) is 13.6. The molecule has 0 saturated heterocycles. The van der Waals surface area contributed by atoms with Gasteiger partial charge >= 0.3 is 5.97 Å². The van der Waals surface area contributed by atoms with E-state index in [4.69, 9.17) is 9.29 Å². The van der Waals surface area contributed by atoms with Gasteiger partial charge in [-0.15, -0.1) is 0 Å². The number of esters is 1. The molecule has 4 rings (SSSR count). The van der Waals surface area contributed by atoms with Crippen molar-refractivity contribution >= 4 is 28.2 Å². The van der Waals surface area contributed by atoms with Crippen LogP contribution in [0.1, 0.15) is 27.0 Å². The first kappa shape index (κ1) is 29.4. The number of rotatable bonds is 10. The molecule has 1 aliphatic rings. The first-order valence-electron chi connectivity index (χ1n) is 12.2. The molecule has 1 unspecified atom stereocenters. The Bertz CT molecular complexity index is 1370. The number of carbonyl (C=O) groups is 1. The van der Waals surface area contributed by atoms with Gasteiger partial charge in [0.25, 0.3) is 10.1 Å². The number of benzene rings is 3. The summed E-state index contributed by atoms with van der Waals surface area (Å²) < 4.78 is 34.9. The third-order valence-corrected chi connectivity index (χ3v) is 6.60. The molecular formula is C30H32N2O6S. The van der Waals surface area contributed by atoms with E-state index in [2.05, 4.69) is 30.2 Å². The second-order valence-electron chi connectivity index (χ2n) is 8.77. The Morgan fingerprint density at radius 3 is 2.03 bits per heavy atom. The van der Waals surface area contributed by atoms with Crippen LogP contribution in [0.5, 0.6) is 0 Å². The Morgan fingerprint density at radius 1 is 0.897 bits per heavy atom. The maximum Gasteiger partial charge on any atom is 0.338 e. The summed E-state index contributed by atoms with van der Waals surface area (Å²) in [6.07, 6.45) is 6.63. The largest absolute Gasteiger partial charge is 0.459 e. The molecule has 39 heavy (non-hydrogen) atoms. The van der Waals surface area contributed by atoms with Crippen molar-refractivity contribution < 1.29 is 27.6 Å². The van der Waals surface area contributed by atoms with Gasteiger partial charge < -0.3 is 19.6 Å². The zero-order chi connectivity index (χ0) is 28.3. The molecule has 1 atom stereocenters. The van der Waals surface area contributed by atoms with Crippen LogP contribution in [-0.4, -0.2) is 59.8 Å². The number of hydrogen-bond donors (Lipinski definition) is 2.